The molecule has 94 valence electrons. The van der Waals surface area contributed by atoms with E-state index in [1.807, 2.05) is 6.07 Å². The van der Waals surface area contributed by atoms with E-state index in [0.29, 0.717) is 11.3 Å². The van der Waals surface area contributed by atoms with Gasteiger partial charge in [-0.05, 0) is 31.0 Å². The molecule has 0 atom stereocenters. The molecule has 5 heteroatoms. The summed E-state index contributed by atoms with van der Waals surface area (Å²) in [6, 6.07) is 7.42. The highest BCUT2D eigenvalue weighted by molar-refractivity contribution is 5.74. The number of carbonyl (C=O) groups excluding carboxylic acids is 1. The van der Waals surface area contributed by atoms with Crippen LogP contribution in [0.2, 0.25) is 0 Å². The average Bonchev–Trinajstić information content (AvgIpc) is 2.33. The van der Waals surface area contributed by atoms with Gasteiger partial charge < -0.3 is 15.8 Å². The third kappa shape index (κ3) is 2.38. The van der Waals surface area contributed by atoms with Gasteiger partial charge in [-0.3, -0.25) is 4.79 Å². The van der Waals surface area contributed by atoms with E-state index >= 15 is 0 Å². The first-order valence-corrected chi connectivity index (χ1v) is 5.78. The second-order valence-electron chi connectivity index (χ2n) is 4.45. The molecule has 0 heterocycles. The van der Waals surface area contributed by atoms with Crippen LogP contribution < -0.4 is 11.1 Å². The quantitative estimate of drug-likeness (QED) is 0.622. The van der Waals surface area contributed by atoms with Crippen LogP contribution in [-0.2, 0) is 9.53 Å². The van der Waals surface area contributed by atoms with E-state index in [1.54, 1.807) is 18.2 Å². The first-order valence-electron chi connectivity index (χ1n) is 5.78. The second kappa shape index (κ2) is 4.96. The molecule has 0 saturated heterocycles. The van der Waals surface area contributed by atoms with Crippen LogP contribution in [0.1, 0.15) is 18.4 Å². The van der Waals surface area contributed by atoms with Crippen molar-refractivity contribution in [2.75, 3.05) is 18.2 Å². The molecule has 18 heavy (non-hydrogen) atoms. The Bertz CT molecular complexity index is 501. The van der Waals surface area contributed by atoms with Gasteiger partial charge in [-0.25, -0.2) is 0 Å². The predicted octanol–water partition coefficient (Wildman–Crippen LogP) is 1.50. The molecule has 1 fully saturated rings. The number of hydrogen-bond acceptors (Lipinski definition) is 5. The van der Waals surface area contributed by atoms with Crippen molar-refractivity contribution in [1.82, 2.24) is 0 Å². The summed E-state index contributed by atoms with van der Waals surface area (Å²) in [5, 5.41) is 12.0. The Labute approximate surface area is 106 Å². The topological polar surface area (TPSA) is 88.1 Å². The number of carbonyl (C=O) groups is 1. The number of hydrogen-bond donors (Lipinski definition) is 2. The molecule has 0 amide bonds. The van der Waals surface area contributed by atoms with Crippen LogP contribution in [0.25, 0.3) is 0 Å². The number of esters is 1. The smallest absolute Gasteiger partial charge is 0.308 e. The highest BCUT2D eigenvalue weighted by Gasteiger charge is 2.35. The Balaban J connectivity index is 1.93. The Hall–Kier alpha value is -2.22. The number of ether oxygens (including phenoxy) is 1. The van der Waals surface area contributed by atoms with Gasteiger partial charge in [-0.15, -0.1) is 0 Å². The van der Waals surface area contributed by atoms with Gasteiger partial charge >= 0.3 is 5.97 Å². The maximum absolute atomic E-state index is 11.2. The van der Waals surface area contributed by atoms with Crippen molar-refractivity contribution in [2.24, 2.45) is 5.92 Å². The third-order valence-electron chi connectivity index (χ3n) is 3.21. The molecule has 0 spiro atoms. The van der Waals surface area contributed by atoms with Crippen LogP contribution in [-0.4, -0.2) is 19.1 Å². The second-order valence-corrected chi connectivity index (χ2v) is 4.45. The number of benzene rings is 1. The number of nitrogen functional groups attached to an aromatic ring is 1. The summed E-state index contributed by atoms with van der Waals surface area (Å²) in [6.45, 7) is 0. The normalized spacial score (nSPS) is 21.6. The lowest BCUT2D eigenvalue weighted by atomic mass is 9.80. The molecule has 1 aromatic carbocycles. The van der Waals surface area contributed by atoms with Gasteiger partial charge in [0.15, 0.2) is 0 Å². The van der Waals surface area contributed by atoms with Gasteiger partial charge in [0.25, 0.3) is 0 Å². The van der Waals surface area contributed by atoms with Crippen LogP contribution >= 0.6 is 0 Å². The largest absolute Gasteiger partial charge is 0.469 e. The monoisotopic (exact) mass is 245 g/mol. The van der Waals surface area contributed by atoms with E-state index in [9.17, 15) is 4.79 Å². The molecule has 0 aromatic heterocycles. The van der Waals surface area contributed by atoms with Crippen LogP contribution in [0.3, 0.4) is 0 Å². The van der Waals surface area contributed by atoms with Crippen molar-refractivity contribution in [3.05, 3.63) is 23.8 Å². The van der Waals surface area contributed by atoms with Crippen LogP contribution in [0, 0.1) is 17.2 Å². The highest BCUT2D eigenvalue weighted by atomic mass is 16.5. The average molecular weight is 245 g/mol. The van der Waals surface area contributed by atoms with Crippen molar-refractivity contribution in [2.45, 2.75) is 18.9 Å². The Morgan fingerprint density at radius 2 is 2.28 bits per heavy atom. The van der Waals surface area contributed by atoms with Crippen molar-refractivity contribution in [3.63, 3.8) is 0 Å². The van der Waals surface area contributed by atoms with E-state index in [4.69, 9.17) is 11.0 Å². The Kier molecular flexibility index (Phi) is 3.38. The first-order chi connectivity index (χ1) is 8.63. The number of nitrogens with one attached hydrogen (secondary N) is 1. The molecular formula is C13H15N3O2. The summed E-state index contributed by atoms with van der Waals surface area (Å²) in [4.78, 5) is 11.2. The molecule has 1 saturated carbocycles. The van der Waals surface area contributed by atoms with E-state index in [-0.39, 0.29) is 17.9 Å². The lowest BCUT2D eigenvalue weighted by molar-refractivity contribution is -0.148. The summed E-state index contributed by atoms with van der Waals surface area (Å²) in [5.74, 6) is -0.159. The van der Waals surface area contributed by atoms with E-state index in [2.05, 4.69) is 10.1 Å². The Morgan fingerprint density at radius 1 is 1.56 bits per heavy atom. The molecule has 0 aliphatic heterocycles. The maximum atomic E-state index is 11.2. The number of anilines is 2. The molecule has 1 aromatic rings. The molecule has 1 aliphatic rings. The molecule has 0 unspecified atom stereocenters. The minimum absolute atomic E-state index is 0.00731. The van der Waals surface area contributed by atoms with Crippen molar-refractivity contribution in [1.29, 1.82) is 5.26 Å². The van der Waals surface area contributed by atoms with Crippen molar-refractivity contribution < 1.29 is 9.53 Å². The van der Waals surface area contributed by atoms with Gasteiger partial charge in [0.05, 0.1) is 36.0 Å². The standard InChI is InChI=1S/C13H15N3O2/c1-18-13(17)9-5-10(6-9)16-12-3-2-8(7-14)4-11(12)15/h2-4,9-10,16H,5-6,15H2,1H3. The number of nitrogens with two attached hydrogens (primary N) is 1. The van der Waals surface area contributed by atoms with E-state index < -0.39 is 0 Å². The van der Waals surface area contributed by atoms with Gasteiger partial charge in [0.1, 0.15) is 0 Å². The van der Waals surface area contributed by atoms with Gasteiger partial charge in [-0.2, -0.15) is 5.26 Å². The SMILES string of the molecule is COC(=O)C1CC(Nc2ccc(C#N)cc2N)C1. The van der Waals surface area contributed by atoms with Gasteiger partial charge in [0, 0.05) is 6.04 Å². The fourth-order valence-corrected chi connectivity index (χ4v) is 2.08. The summed E-state index contributed by atoms with van der Waals surface area (Å²) in [5.41, 5.74) is 7.74. The number of nitriles is 1. The van der Waals surface area contributed by atoms with Crippen LogP contribution in [0.5, 0.6) is 0 Å². The summed E-state index contributed by atoms with van der Waals surface area (Å²) < 4.78 is 4.68. The minimum atomic E-state index is -0.152. The maximum Gasteiger partial charge on any atom is 0.308 e. The van der Waals surface area contributed by atoms with Crippen LogP contribution in [0.4, 0.5) is 11.4 Å². The zero-order valence-corrected chi connectivity index (χ0v) is 10.1. The molecular weight excluding hydrogens is 230 g/mol. The minimum Gasteiger partial charge on any atom is -0.469 e. The fourth-order valence-electron chi connectivity index (χ4n) is 2.08. The summed E-state index contributed by atoms with van der Waals surface area (Å²) >= 11 is 0. The van der Waals surface area contributed by atoms with Crippen LogP contribution in [0.15, 0.2) is 18.2 Å². The number of nitrogens with zero attached hydrogens (tertiary/aromatic N) is 1. The van der Waals surface area contributed by atoms with E-state index in [1.165, 1.54) is 7.11 Å². The lowest BCUT2D eigenvalue weighted by Gasteiger charge is -2.34. The van der Waals surface area contributed by atoms with E-state index in [0.717, 1.165) is 18.5 Å². The first kappa shape index (κ1) is 12.2. The summed E-state index contributed by atoms with van der Waals surface area (Å²) in [7, 11) is 1.40. The summed E-state index contributed by atoms with van der Waals surface area (Å²) in [6.07, 6.45) is 1.51. The Morgan fingerprint density at radius 3 is 2.83 bits per heavy atom. The third-order valence-corrected chi connectivity index (χ3v) is 3.21. The molecule has 3 N–H and O–H groups in total. The lowest BCUT2D eigenvalue weighted by Crippen LogP contribution is -2.40. The zero-order chi connectivity index (χ0) is 13.1. The zero-order valence-electron chi connectivity index (χ0n) is 10.1. The number of methoxy groups -OCH3 is 1. The molecule has 1 aliphatic carbocycles. The predicted molar refractivity (Wildman–Crippen MR) is 67.7 cm³/mol. The van der Waals surface area contributed by atoms with Gasteiger partial charge in [0.2, 0.25) is 0 Å². The molecule has 2 rings (SSSR count). The molecule has 5 nitrogen and oxygen atoms in total. The fraction of sp³-hybridized carbons (Fsp3) is 0.385. The van der Waals surface area contributed by atoms with Crippen molar-refractivity contribution >= 4 is 17.3 Å². The van der Waals surface area contributed by atoms with Crippen molar-refractivity contribution in [3.8, 4) is 6.07 Å². The van der Waals surface area contributed by atoms with Gasteiger partial charge in [-0.1, -0.05) is 0 Å². The highest BCUT2D eigenvalue weighted by Crippen LogP contribution is 2.32. The number of rotatable bonds is 3. The molecule has 0 bridgehead atoms. The molecule has 0 radical (unpaired) electrons.